The van der Waals surface area contributed by atoms with Gasteiger partial charge in [0.2, 0.25) is 5.95 Å². The summed E-state index contributed by atoms with van der Waals surface area (Å²) in [4.78, 5) is 25.1. The molecule has 0 saturated carbocycles. The summed E-state index contributed by atoms with van der Waals surface area (Å²) in [5.74, 6) is 0.124. The first-order valence-electron chi connectivity index (χ1n) is 7.66. The van der Waals surface area contributed by atoms with E-state index in [0.717, 1.165) is 10.0 Å². The lowest BCUT2D eigenvalue weighted by Gasteiger charge is -2.10. The number of hydrogen-bond acceptors (Lipinski definition) is 5. The number of carbonyl (C=O) groups excluding carboxylic acids is 1. The van der Waals surface area contributed by atoms with Crippen molar-refractivity contribution in [2.75, 3.05) is 10.6 Å². The average Bonchev–Trinajstić information content (AvgIpc) is 2.62. The predicted molar refractivity (Wildman–Crippen MR) is 100 cm³/mol. The summed E-state index contributed by atoms with van der Waals surface area (Å²) in [5, 5.41) is 5.98. The minimum atomic E-state index is -0.288. The number of nitrogens with one attached hydrogen (secondary N) is 2. The summed E-state index contributed by atoms with van der Waals surface area (Å²) in [6.07, 6.45) is 3.45. The van der Waals surface area contributed by atoms with Crippen molar-refractivity contribution in [1.82, 2.24) is 15.0 Å². The molecule has 2 heterocycles. The first kappa shape index (κ1) is 17.0. The summed E-state index contributed by atoms with van der Waals surface area (Å²) in [7, 11) is 0. The van der Waals surface area contributed by atoms with Gasteiger partial charge in [-0.3, -0.25) is 9.78 Å². The van der Waals surface area contributed by atoms with E-state index in [4.69, 9.17) is 0 Å². The van der Waals surface area contributed by atoms with Gasteiger partial charge >= 0.3 is 0 Å². The second-order valence-electron chi connectivity index (χ2n) is 5.36. The lowest BCUT2D eigenvalue weighted by molar-refractivity contribution is 0.102. The van der Waals surface area contributed by atoms with Crippen LogP contribution in [0.2, 0.25) is 0 Å². The van der Waals surface area contributed by atoms with Crippen LogP contribution in [0.1, 0.15) is 21.7 Å². The summed E-state index contributed by atoms with van der Waals surface area (Å²) >= 11 is 3.41. The van der Waals surface area contributed by atoms with Crippen LogP contribution in [0, 0.1) is 6.92 Å². The van der Waals surface area contributed by atoms with Crippen molar-refractivity contribution >= 4 is 33.5 Å². The lowest BCUT2D eigenvalue weighted by Crippen LogP contribution is -2.16. The van der Waals surface area contributed by atoms with Gasteiger partial charge in [-0.05, 0) is 58.7 Å². The van der Waals surface area contributed by atoms with E-state index in [2.05, 4.69) is 41.5 Å². The third kappa shape index (κ3) is 4.60. The van der Waals surface area contributed by atoms with E-state index >= 15 is 0 Å². The number of anilines is 2. The molecule has 3 aromatic rings. The van der Waals surface area contributed by atoms with Crippen molar-refractivity contribution in [3.05, 3.63) is 76.3 Å². The topological polar surface area (TPSA) is 79.8 Å². The number of aryl methyl sites for hydroxylation is 1. The third-order valence-corrected chi connectivity index (χ3v) is 4.10. The van der Waals surface area contributed by atoms with Gasteiger partial charge in [-0.25, -0.2) is 9.97 Å². The molecule has 1 aromatic carbocycles. The second-order valence-corrected chi connectivity index (χ2v) is 6.22. The van der Waals surface area contributed by atoms with Crippen LogP contribution in [0.15, 0.2) is 59.3 Å². The van der Waals surface area contributed by atoms with Gasteiger partial charge in [-0.15, -0.1) is 0 Å². The molecule has 0 spiro atoms. The standard InChI is InChI=1S/C18H16BrN5O/c1-12-10-16(17(25)23-15-5-3-2-4-14(15)19)24-18(22-12)21-11-13-6-8-20-9-7-13/h2-10H,11H2,1H3,(H,23,25)(H,21,22,24). The smallest absolute Gasteiger partial charge is 0.274 e. The highest BCUT2D eigenvalue weighted by Gasteiger charge is 2.12. The second kappa shape index (κ2) is 7.85. The Labute approximate surface area is 153 Å². The van der Waals surface area contributed by atoms with Crippen molar-refractivity contribution in [1.29, 1.82) is 0 Å². The van der Waals surface area contributed by atoms with Crippen LogP contribution in [0.3, 0.4) is 0 Å². The number of nitrogens with zero attached hydrogens (tertiary/aromatic N) is 3. The molecule has 0 radical (unpaired) electrons. The maximum Gasteiger partial charge on any atom is 0.274 e. The zero-order chi connectivity index (χ0) is 17.6. The number of benzene rings is 1. The summed E-state index contributed by atoms with van der Waals surface area (Å²) in [6, 6.07) is 12.9. The van der Waals surface area contributed by atoms with Gasteiger partial charge in [0.1, 0.15) is 5.69 Å². The molecule has 0 aliphatic heterocycles. The van der Waals surface area contributed by atoms with Gasteiger partial charge < -0.3 is 10.6 Å². The van der Waals surface area contributed by atoms with Crippen LogP contribution >= 0.6 is 15.9 Å². The maximum absolute atomic E-state index is 12.5. The fourth-order valence-corrected chi connectivity index (χ4v) is 2.58. The number of para-hydroxylation sites is 1. The van der Waals surface area contributed by atoms with E-state index in [0.29, 0.717) is 29.6 Å². The van der Waals surface area contributed by atoms with Crippen LogP contribution in [0.25, 0.3) is 0 Å². The molecule has 2 aromatic heterocycles. The van der Waals surface area contributed by atoms with Gasteiger partial charge in [-0.2, -0.15) is 0 Å². The van der Waals surface area contributed by atoms with Crippen LogP contribution in [0.4, 0.5) is 11.6 Å². The quantitative estimate of drug-likeness (QED) is 0.684. The van der Waals surface area contributed by atoms with E-state index in [1.807, 2.05) is 43.3 Å². The van der Waals surface area contributed by atoms with Gasteiger partial charge in [-0.1, -0.05) is 12.1 Å². The molecule has 0 saturated heterocycles. The number of aromatic nitrogens is 3. The van der Waals surface area contributed by atoms with Crippen LogP contribution in [-0.2, 0) is 6.54 Å². The minimum Gasteiger partial charge on any atom is -0.350 e. The molecule has 25 heavy (non-hydrogen) atoms. The Morgan fingerprint density at radius 2 is 1.88 bits per heavy atom. The molecule has 126 valence electrons. The number of pyridine rings is 1. The molecule has 0 aliphatic rings. The van der Waals surface area contributed by atoms with E-state index in [1.165, 1.54) is 0 Å². The molecular formula is C18H16BrN5O. The molecule has 0 bridgehead atoms. The lowest BCUT2D eigenvalue weighted by atomic mass is 10.2. The molecule has 3 rings (SSSR count). The monoisotopic (exact) mass is 397 g/mol. The number of amides is 1. The molecular weight excluding hydrogens is 382 g/mol. The molecule has 7 heteroatoms. The van der Waals surface area contributed by atoms with Crippen LogP contribution in [-0.4, -0.2) is 20.9 Å². The molecule has 6 nitrogen and oxygen atoms in total. The molecule has 0 aliphatic carbocycles. The Hall–Kier alpha value is -2.80. The SMILES string of the molecule is Cc1cc(C(=O)Nc2ccccc2Br)nc(NCc2ccncc2)n1. The van der Waals surface area contributed by atoms with E-state index in [1.54, 1.807) is 18.5 Å². The van der Waals surface area contributed by atoms with Crippen molar-refractivity contribution in [3.8, 4) is 0 Å². The Morgan fingerprint density at radius 3 is 2.64 bits per heavy atom. The summed E-state index contributed by atoms with van der Waals surface area (Å²) in [6.45, 7) is 2.38. The van der Waals surface area contributed by atoms with Gasteiger partial charge in [0.15, 0.2) is 0 Å². The third-order valence-electron chi connectivity index (χ3n) is 3.41. The molecule has 0 atom stereocenters. The zero-order valence-electron chi connectivity index (χ0n) is 13.5. The fraction of sp³-hybridized carbons (Fsp3) is 0.111. The number of carbonyl (C=O) groups is 1. The highest BCUT2D eigenvalue weighted by Crippen LogP contribution is 2.21. The first-order valence-corrected chi connectivity index (χ1v) is 8.45. The van der Waals surface area contributed by atoms with Crippen molar-refractivity contribution in [2.45, 2.75) is 13.5 Å². The van der Waals surface area contributed by atoms with Gasteiger partial charge in [0.25, 0.3) is 5.91 Å². The molecule has 2 N–H and O–H groups in total. The predicted octanol–water partition coefficient (Wildman–Crippen LogP) is 3.81. The highest BCUT2D eigenvalue weighted by molar-refractivity contribution is 9.10. The maximum atomic E-state index is 12.5. The van der Waals surface area contributed by atoms with E-state index < -0.39 is 0 Å². The first-order chi connectivity index (χ1) is 12.1. The molecule has 1 amide bonds. The normalized spacial score (nSPS) is 10.3. The van der Waals surface area contributed by atoms with E-state index in [-0.39, 0.29) is 5.91 Å². The number of hydrogen-bond donors (Lipinski definition) is 2. The van der Waals surface area contributed by atoms with Crippen LogP contribution in [0.5, 0.6) is 0 Å². The minimum absolute atomic E-state index is 0.288. The van der Waals surface area contributed by atoms with E-state index in [9.17, 15) is 4.79 Å². The summed E-state index contributed by atoms with van der Waals surface area (Å²) in [5.41, 5.74) is 2.76. The molecule has 0 unspecified atom stereocenters. The fourth-order valence-electron chi connectivity index (χ4n) is 2.19. The Kier molecular flexibility index (Phi) is 5.35. The van der Waals surface area contributed by atoms with Gasteiger partial charge in [0.05, 0.1) is 5.69 Å². The highest BCUT2D eigenvalue weighted by atomic mass is 79.9. The number of halogens is 1. The largest absolute Gasteiger partial charge is 0.350 e. The van der Waals surface area contributed by atoms with Crippen molar-refractivity contribution < 1.29 is 4.79 Å². The Balaban J connectivity index is 1.74. The van der Waals surface area contributed by atoms with Crippen LogP contribution < -0.4 is 10.6 Å². The van der Waals surface area contributed by atoms with Gasteiger partial charge in [0, 0.05) is 29.1 Å². The summed E-state index contributed by atoms with van der Waals surface area (Å²) < 4.78 is 0.810. The Bertz CT molecular complexity index is 886. The number of rotatable bonds is 5. The Morgan fingerprint density at radius 1 is 1.12 bits per heavy atom. The van der Waals surface area contributed by atoms with Crippen molar-refractivity contribution in [2.24, 2.45) is 0 Å². The zero-order valence-corrected chi connectivity index (χ0v) is 15.1. The average molecular weight is 398 g/mol. The molecule has 0 fully saturated rings. The van der Waals surface area contributed by atoms with Crippen molar-refractivity contribution in [3.63, 3.8) is 0 Å².